The first kappa shape index (κ1) is 12.9. The van der Waals surface area contributed by atoms with Crippen LogP contribution in [0.2, 0.25) is 0 Å². The molecular weight excluding hydrogens is 188 g/mol. The molecule has 0 heterocycles. The van der Waals surface area contributed by atoms with Gasteiger partial charge in [-0.3, -0.25) is 11.3 Å². The van der Waals surface area contributed by atoms with E-state index < -0.39 is 0 Å². The molecule has 90 valence electrons. The number of hydrazine groups is 1. The fourth-order valence-corrected chi connectivity index (χ4v) is 2.84. The zero-order valence-corrected chi connectivity index (χ0v) is 10.5. The first-order valence-corrected chi connectivity index (χ1v) is 6.07. The van der Waals surface area contributed by atoms with Gasteiger partial charge in [0.2, 0.25) is 0 Å². The Kier molecular flexibility index (Phi) is 4.56. The van der Waals surface area contributed by atoms with E-state index in [1.165, 1.54) is 12.8 Å². The molecular formula is C12H26N2O. The minimum Gasteiger partial charge on any atom is -0.377 e. The lowest BCUT2D eigenvalue weighted by Crippen LogP contribution is -2.58. The summed E-state index contributed by atoms with van der Waals surface area (Å²) in [7, 11) is 1.82. The molecule has 1 rings (SSSR count). The van der Waals surface area contributed by atoms with Crippen molar-refractivity contribution in [3.63, 3.8) is 0 Å². The smallest absolute Gasteiger partial charge is 0.0847 e. The van der Waals surface area contributed by atoms with Crippen LogP contribution in [-0.2, 0) is 4.74 Å². The Morgan fingerprint density at radius 1 is 1.33 bits per heavy atom. The average molecular weight is 214 g/mol. The van der Waals surface area contributed by atoms with E-state index in [0.717, 1.165) is 18.8 Å². The second kappa shape index (κ2) is 5.28. The Bertz CT molecular complexity index is 186. The topological polar surface area (TPSA) is 47.3 Å². The van der Waals surface area contributed by atoms with Crippen molar-refractivity contribution in [2.75, 3.05) is 7.11 Å². The molecule has 3 nitrogen and oxygen atoms in total. The fraction of sp³-hybridized carbons (Fsp3) is 1.00. The van der Waals surface area contributed by atoms with E-state index in [2.05, 4.69) is 26.2 Å². The summed E-state index contributed by atoms with van der Waals surface area (Å²) in [6.45, 7) is 6.71. The number of rotatable bonds is 4. The molecule has 0 radical (unpaired) electrons. The summed E-state index contributed by atoms with van der Waals surface area (Å²) in [5.41, 5.74) is 2.91. The standard InChI is InChI=1S/C12H26N2O/c1-9(2)11(14-13)12(15-4)7-5-10(3)6-8-12/h9-11,14H,5-8,13H2,1-4H3. The molecule has 3 heteroatoms. The van der Waals surface area contributed by atoms with Crippen LogP contribution in [0.3, 0.4) is 0 Å². The van der Waals surface area contributed by atoms with Crippen molar-refractivity contribution in [2.45, 2.75) is 58.1 Å². The molecule has 3 N–H and O–H groups in total. The van der Waals surface area contributed by atoms with Gasteiger partial charge in [0.1, 0.15) is 0 Å². The molecule has 1 unspecified atom stereocenters. The highest BCUT2D eigenvalue weighted by Crippen LogP contribution is 2.38. The largest absolute Gasteiger partial charge is 0.377 e. The lowest BCUT2D eigenvalue weighted by molar-refractivity contribution is -0.0851. The summed E-state index contributed by atoms with van der Waals surface area (Å²) in [4.78, 5) is 0. The van der Waals surface area contributed by atoms with Crippen molar-refractivity contribution in [1.82, 2.24) is 5.43 Å². The monoisotopic (exact) mass is 214 g/mol. The maximum Gasteiger partial charge on any atom is 0.0847 e. The molecule has 0 aromatic carbocycles. The van der Waals surface area contributed by atoms with Crippen molar-refractivity contribution >= 4 is 0 Å². The van der Waals surface area contributed by atoms with Gasteiger partial charge in [0.05, 0.1) is 11.6 Å². The number of ether oxygens (including phenoxy) is 1. The van der Waals surface area contributed by atoms with E-state index in [1.807, 2.05) is 7.11 Å². The molecule has 0 saturated heterocycles. The normalized spacial score (nSPS) is 34.4. The molecule has 0 amide bonds. The lowest BCUT2D eigenvalue weighted by atomic mass is 9.72. The Morgan fingerprint density at radius 3 is 2.20 bits per heavy atom. The molecule has 1 fully saturated rings. The van der Waals surface area contributed by atoms with Crippen LogP contribution in [-0.4, -0.2) is 18.8 Å². The number of hydrogen-bond donors (Lipinski definition) is 2. The maximum absolute atomic E-state index is 5.80. The molecule has 0 spiro atoms. The Morgan fingerprint density at radius 2 is 1.87 bits per heavy atom. The quantitative estimate of drug-likeness (QED) is 0.556. The summed E-state index contributed by atoms with van der Waals surface area (Å²) >= 11 is 0. The summed E-state index contributed by atoms with van der Waals surface area (Å²) in [6.07, 6.45) is 4.74. The van der Waals surface area contributed by atoms with Gasteiger partial charge in [0, 0.05) is 7.11 Å². The Labute approximate surface area is 93.7 Å². The van der Waals surface area contributed by atoms with E-state index in [0.29, 0.717) is 5.92 Å². The van der Waals surface area contributed by atoms with Gasteiger partial charge in [-0.25, -0.2) is 0 Å². The molecule has 0 aliphatic heterocycles. The highest BCUT2D eigenvalue weighted by Gasteiger charge is 2.42. The Balaban J connectivity index is 2.74. The molecule has 15 heavy (non-hydrogen) atoms. The predicted molar refractivity (Wildman–Crippen MR) is 63.3 cm³/mol. The second-order valence-corrected chi connectivity index (χ2v) is 5.34. The highest BCUT2D eigenvalue weighted by molar-refractivity contribution is 4.96. The lowest BCUT2D eigenvalue weighted by Gasteiger charge is -2.45. The molecule has 1 aliphatic rings. The zero-order chi connectivity index (χ0) is 11.5. The third kappa shape index (κ3) is 2.71. The first-order chi connectivity index (χ1) is 7.05. The fourth-order valence-electron chi connectivity index (χ4n) is 2.84. The van der Waals surface area contributed by atoms with Crippen molar-refractivity contribution in [1.29, 1.82) is 0 Å². The van der Waals surface area contributed by atoms with Crippen LogP contribution in [0.15, 0.2) is 0 Å². The minimum atomic E-state index is -0.0462. The number of hydrogen-bond acceptors (Lipinski definition) is 3. The third-order valence-electron chi connectivity index (χ3n) is 3.94. The molecule has 0 bridgehead atoms. The van der Waals surface area contributed by atoms with Gasteiger partial charge in [0.15, 0.2) is 0 Å². The van der Waals surface area contributed by atoms with E-state index in [1.54, 1.807) is 0 Å². The number of methoxy groups -OCH3 is 1. The van der Waals surface area contributed by atoms with Gasteiger partial charge in [0.25, 0.3) is 0 Å². The van der Waals surface area contributed by atoms with Crippen LogP contribution in [0, 0.1) is 11.8 Å². The van der Waals surface area contributed by atoms with E-state index >= 15 is 0 Å². The molecule has 1 saturated carbocycles. The van der Waals surface area contributed by atoms with Gasteiger partial charge < -0.3 is 4.74 Å². The van der Waals surface area contributed by atoms with E-state index in [9.17, 15) is 0 Å². The third-order valence-corrected chi connectivity index (χ3v) is 3.94. The van der Waals surface area contributed by atoms with Gasteiger partial charge in [-0.15, -0.1) is 0 Å². The van der Waals surface area contributed by atoms with Crippen LogP contribution in [0.4, 0.5) is 0 Å². The molecule has 0 aromatic rings. The summed E-state index contributed by atoms with van der Waals surface area (Å²) in [5.74, 6) is 7.01. The van der Waals surface area contributed by atoms with Crippen LogP contribution < -0.4 is 11.3 Å². The van der Waals surface area contributed by atoms with Crippen LogP contribution in [0.5, 0.6) is 0 Å². The van der Waals surface area contributed by atoms with E-state index in [-0.39, 0.29) is 11.6 Å². The van der Waals surface area contributed by atoms with Gasteiger partial charge >= 0.3 is 0 Å². The zero-order valence-electron chi connectivity index (χ0n) is 10.5. The minimum absolute atomic E-state index is 0.0462. The van der Waals surface area contributed by atoms with Crippen molar-refractivity contribution in [3.05, 3.63) is 0 Å². The molecule has 0 aromatic heterocycles. The van der Waals surface area contributed by atoms with Gasteiger partial charge in [-0.2, -0.15) is 0 Å². The summed E-state index contributed by atoms with van der Waals surface area (Å²) < 4.78 is 5.80. The molecule has 1 atom stereocenters. The first-order valence-electron chi connectivity index (χ1n) is 6.07. The van der Waals surface area contributed by atoms with Crippen molar-refractivity contribution < 1.29 is 4.74 Å². The van der Waals surface area contributed by atoms with Crippen LogP contribution in [0.25, 0.3) is 0 Å². The Hall–Kier alpha value is -0.120. The highest BCUT2D eigenvalue weighted by atomic mass is 16.5. The average Bonchev–Trinajstić information content (AvgIpc) is 2.22. The van der Waals surface area contributed by atoms with Gasteiger partial charge in [-0.05, 0) is 37.5 Å². The summed E-state index contributed by atoms with van der Waals surface area (Å²) in [6, 6.07) is 0.259. The van der Waals surface area contributed by atoms with Crippen LogP contribution in [0.1, 0.15) is 46.5 Å². The number of nitrogens with one attached hydrogen (secondary N) is 1. The van der Waals surface area contributed by atoms with Crippen molar-refractivity contribution in [3.8, 4) is 0 Å². The second-order valence-electron chi connectivity index (χ2n) is 5.34. The SMILES string of the molecule is COC1(C(NN)C(C)C)CCC(C)CC1. The molecule has 1 aliphatic carbocycles. The van der Waals surface area contributed by atoms with Crippen molar-refractivity contribution in [2.24, 2.45) is 17.7 Å². The summed E-state index contributed by atoms with van der Waals surface area (Å²) in [5, 5.41) is 0. The van der Waals surface area contributed by atoms with E-state index in [4.69, 9.17) is 10.6 Å². The van der Waals surface area contributed by atoms with Crippen LogP contribution >= 0.6 is 0 Å². The maximum atomic E-state index is 5.80. The van der Waals surface area contributed by atoms with Gasteiger partial charge in [-0.1, -0.05) is 20.8 Å². The number of nitrogens with two attached hydrogens (primary N) is 1. The predicted octanol–water partition coefficient (Wildman–Crippen LogP) is 2.07.